The van der Waals surface area contributed by atoms with Crippen LogP contribution in [0.15, 0.2) is 30.3 Å². The zero-order valence-electron chi connectivity index (χ0n) is 22.7. The van der Waals surface area contributed by atoms with E-state index in [1.165, 1.54) is 68.3 Å². The molecule has 2 aromatic carbocycles. The van der Waals surface area contributed by atoms with Crippen LogP contribution in [0.5, 0.6) is 17.2 Å². The largest absolute Gasteiger partial charge is 0.497 e. The third-order valence-electron chi connectivity index (χ3n) is 7.26. The number of halogens is 1. The summed E-state index contributed by atoms with van der Waals surface area (Å²) in [6, 6.07) is 10.9. The maximum atomic E-state index is 6.16. The maximum absolute atomic E-state index is 6.16. The van der Waals surface area contributed by atoms with E-state index in [4.69, 9.17) is 25.8 Å². The second-order valence-corrected chi connectivity index (χ2v) is 10.2. The Bertz CT molecular complexity index is 937. The van der Waals surface area contributed by atoms with Crippen molar-refractivity contribution in [1.29, 1.82) is 0 Å². The molecule has 0 amide bonds. The lowest BCUT2D eigenvalue weighted by Crippen LogP contribution is -2.40. The van der Waals surface area contributed by atoms with Gasteiger partial charge in [-0.05, 0) is 107 Å². The predicted molar refractivity (Wildman–Crippen MR) is 150 cm³/mol. The van der Waals surface area contributed by atoms with Crippen molar-refractivity contribution in [3.63, 3.8) is 0 Å². The molecule has 0 saturated carbocycles. The van der Waals surface area contributed by atoms with Gasteiger partial charge in [0, 0.05) is 16.6 Å². The molecule has 36 heavy (non-hydrogen) atoms. The SMILES string of the molecule is CCCN(CCCCCCNCCc1cc(Cl)cc(OC)c1)C1CCc2c(ccc(OC)c2OC)C1. The number of nitrogens with zero attached hydrogens (tertiary/aromatic N) is 1. The number of unbranched alkanes of at least 4 members (excludes halogenated alkanes) is 3. The van der Waals surface area contributed by atoms with Crippen molar-refractivity contribution >= 4 is 11.6 Å². The van der Waals surface area contributed by atoms with Gasteiger partial charge in [-0.25, -0.2) is 0 Å². The van der Waals surface area contributed by atoms with Crippen molar-refractivity contribution in [1.82, 2.24) is 10.2 Å². The summed E-state index contributed by atoms with van der Waals surface area (Å²) < 4.78 is 16.5. The molecular formula is C30H45ClN2O3. The molecule has 1 N–H and O–H groups in total. The van der Waals surface area contributed by atoms with Gasteiger partial charge >= 0.3 is 0 Å². The summed E-state index contributed by atoms with van der Waals surface area (Å²) in [6.45, 7) is 6.71. The Balaban J connectivity index is 1.34. The van der Waals surface area contributed by atoms with Crippen LogP contribution in [0.4, 0.5) is 0 Å². The van der Waals surface area contributed by atoms with Crippen molar-refractivity contribution < 1.29 is 14.2 Å². The summed E-state index contributed by atoms with van der Waals surface area (Å²) in [5.41, 5.74) is 3.98. The fraction of sp³-hybridized carbons (Fsp3) is 0.600. The zero-order chi connectivity index (χ0) is 25.8. The molecule has 1 aliphatic rings. The number of ether oxygens (including phenoxy) is 3. The monoisotopic (exact) mass is 516 g/mol. The van der Waals surface area contributed by atoms with Gasteiger partial charge in [0.05, 0.1) is 21.3 Å². The molecule has 0 bridgehead atoms. The Kier molecular flexibility index (Phi) is 12.2. The van der Waals surface area contributed by atoms with Gasteiger partial charge in [-0.3, -0.25) is 0 Å². The van der Waals surface area contributed by atoms with Crippen molar-refractivity contribution in [3.05, 3.63) is 52.0 Å². The summed E-state index contributed by atoms with van der Waals surface area (Å²) >= 11 is 6.16. The van der Waals surface area contributed by atoms with Gasteiger partial charge in [0.2, 0.25) is 0 Å². The molecule has 5 nitrogen and oxygen atoms in total. The first-order chi connectivity index (χ1) is 17.6. The van der Waals surface area contributed by atoms with Crippen molar-refractivity contribution in [2.24, 2.45) is 0 Å². The average Bonchev–Trinajstić information content (AvgIpc) is 2.90. The van der Waals surface area contributed by atoms with Crippen LogP contribution < -0.4 is 19.5 Å². The topological polar surface area (TPSA) is 43.0 Å². The van der Waals surface area contributed by atoms with E-state index in [0.29, 0.717) is 6.04 Å². The van der Waals surface area contributed by atoms with Crippen LogP contribution in [0.2, 0.25) is 5.02 Å². The highest BCUT2D eigenvalue weighted by molar-refractivity contribution is 6.30. The Morgan fingerprint density at radius 2 is 1.78 bits per heavy atom. The Hall–Kier alpha value is -1.95. The van der Waals surface area contributed by atoms with E-state index in [1.54, 1.807) is 21.3 Å². The van der Waals surface area contributed by atoms with E-state index < -0.39 is 0 Å². The molecule has 0 spiro atoms. The molecule has 0 fully saturated rings. The number of rotatable bonds is 16. The molecule has 0 radical (unpaired) electrons. The van der Waals surface area contributed by atoms with Gasteiger partial charge in [-0.15, -0.1) is 0 Å². The van der Waals surface area contributed by atoms with E-state index in [0.717, 1.165) is 54.6 Å². The van der Waals surface area contributed by atoms with Crippen LogP contribution in [0, 0.1) is 0 Å². The highest BCUT2D eigenvalue weighted by Gasteiger charge is 2.27. The lowest BCUT2D eigenvalue weighted by atomic mass is 9.86. The first-order valence-electron chi connectivity index (χ1n) is 13.6. The fourth-order valence-corrected chi connectivity index (χ4v) is 5.65. The van der Waals surface area contributed by atoms with E-state index >= 15 is 0 Å². The van der Waals surface area contributed by atoms with Gasteiger partial charge in [0.25, 0.3) is 0 Å². The molecule has 1 atom stereocenters. The molecular weight excluding hydrogens is 472 g/mol. The molecule has 6 heteroatoms. The molecule has 0 aromatic heterocycles. The number of hydrogen-bond donors (Lipinski definition) is 1. The van der Waals surface area contributed by atoms with E-state index in [2.05, 4.69) is 35.3 Å². The molecule has 2 aromatic rings. The number of fused-ring (bicyclic) bond motifs is 1. The summed E-state index contributed by atoms with van der Waals surface area (Å²) in [6.07, 6.45) is 10.6. The van der Waals surface area contributed by atoms with Crippen LogP contribution in [-0.2, 0) is 19.3 Å². The molecule has 0 heterocycles. The lowest BCUT2D eigenvalue weighted by molar-refractivity contribution is 0.175. The highest BCUT2D eigenvalue weighted by atomic mass is 35.5. The number of benzene rings is 2. The van der Waals surface area contributed by atoms with Gasteiger partial charge in [0.1, 0.15) is 5.75 Å². The number of methoxy groups -OCH3 is 3. The van der Waals surface area contributed by atoms with Crippen LogP contribution >= 0.6 is 11.6 Å². The second kappa shape index (κ2) is 15.3. The minimum Gasteiger partial charge on any atom is -0.497 e. The number of hydrogen-bond acceptors (Lipinski definition) is 5. The van der Waals surface area contributed by atoms with Crippen LogP contribution in [-0.4, -0.2) is 58.5 Å². The van der Waals surface area contributed by atoms with Gasteiger partial charge in [-0.2, -0.15) is 0 Å². The highest BCUT2D eigenvalue weighted by Crippen LogP contribution is 2.38. The van der Waals surface area contributed by atoms with Crippen LogP contribution in [0.3, 0.4) is 0 Å². The standard InChI is InChI=1S/C30H45ClN2O3/c1-5-17-33(26-11-12-28-24(21-26)10-13-29(35-3)30(28)36-4)18-9-7-6-8-15-32-16-14-23-19-25(31)22-27(20-23)34-2/h10,13,19-20,22,26,32H,5-9,11-12,14-18,21H2,1-4H3. The molecule has 0 aliphatic heterocycles. The van der Waals surface area contributed by atoms with Gasteiger partial charge in [-0.1, -0.05) is 37.4 Å². The minimum absolute atomic E-state index is 0.627. The molecule has 1 unspecified atom stereocenters. The van der Waals surface area contributed by atoms with Gasteiger partial charge < -0.3 is 24.4 Å². The summed E-state index contributed by atoms with van der Waals surface area (Å²) in [7, 11) is 5.14. The first kappa shape index (κ1) is 28.6. The smallest absolute Gasteiger partial charge is 0.164 e. The average molecular weight is 517 g/mol. The maximum Gasteiger partial charge on any atom is 0.164 e. The first-order valence-corrected chi connectivity index (χ1v) is 14.0. The Morgan fingerprint density at radius 1 is 0.944 bits per heavy atom. The second-order valence-electron chi connectivity index (χ2n) is 9.78. The fourth-order valence-electron chi connectivity index (χ4n) is 5.40. The van der Waals surface area contributed by atoms with Crippen molar-refractivity contribution in [3.8, 4) is 17.2 Å². The van der Waals surface area contributed by atoms with E-state index in [9.17, 15) is 0 Å². The Morgan fingerprint density at radius 3 is 2.53 bits per heavy atom. The van der Waals surface area contributed by atoms with Gasteiger partial charge in [0.15, 0.2) is 11.5 Å². The lowest BCUT2D eigenvalue weighted by Gasteiger charge is -2.36. The molecule has 0 saturated heterocycles. The number of nitrogens with one attached hydrogen (secondary N) is 1. The zero-order valence-corrected chi connectivity index (χ0v) is 23.5. The van der Waals surface area contributed by atoms with Crippen molar-refractivity contribution in [2.45, 2.75) is 70.8 Å². The molecule has 1 aliphatic carbocycles. The quantitative estimate of drug-likeness (QED) is 0.264. The summed E-state index contributed by atoms with van der Waals surface area (Å²) in [5, 5.41) is 4.31. The summed E-state index contributed by atoms with van der Waals surface area (Å²) in [4.78, 5) is 2.73. The summed E-state index contributed by atoms with van der Waals surface area (Å²) in [5.74, 6) is 2.60. The predicted octanol–water partition coefficient (Wildman–Crippen LogP) is 6.33. The normalized spacial score (nSPS) is 15.1. The van der Waals surface area contributed by atoms with Crippen molar-refractivity contribution in [2.75, 3.05) is 47.5 Å². The molecule has 3 rings (SSSR count). The van der Waals surface area contributed by atoms with Crippen LogP contribution in [0.25, 0.3) is 0 Å². The third-order valence-corrected chi connectivity index (χ3v) is 7.48. The third kappa shape index (κ3) is 8.29. The van der Waals surface area contributed by atoms with E-state index in [-0.39, 0.29) is 0 Å². The van der Waals surface area contributed by atoms with Crippen LogP contribution in [0.1, 0.15) is 62.1 Å². The minimum atomic E-state index is 0.627. The van der Waals surface area contributed by atoms with E-state index in [1.807, 2.05) is 12.1 Å². The molecule has 200 valence electrons. The Labute approximate surface area is 223 Å².